The average molecular weight is 294 g/mol. The van der Waals surface area contributed by atoms with Crippen molar-refractivity contribution in [2.24, 2.45) is 0 Å². The van der Waals surface area contributed by atoms with Crippen LogP contribution in [0.2, 0.25) is 0 Å². The molecule has 0 saturated carbocycles. The summed E-state index contributed by atoms with van der Waals surface area (Å²) in [5, 5.41) is 8.98. The Balaban J connectivity index is 1.66. The molecule has 22 heavy (non-hydrogen) atoms. The average Bonchev–Trinajstić information content (AvgIpc) is 3.04. The molecule has 1 aromatic heterocycles. The number of carbonyl (C=O) groups is 1. The van der Waals surface area contributed by atoms with Gasteiger partial charge < -0.3 is 9.64 Å². The van der Waals surface area contributed by atoms with Gasteiger partial charge in [-0.25, -0.2) is 9.97 Å². The highest BCUT2D eigenvalue weighted by atomic mass is 16.5. The minimum absolute atomic E-state index is 0.00801. The number of likely N-dealkylation sites (tertiary alicyclic amines) is 1. The minimum Gasteiger partial charge on any atom is -0.470 e. The smallest absolute Gasteiger partial charge is 0.253 e. The van der Waals surface area contributed by atoms with Crippen LogP contribution in [0.3, 0.4) is 0 Å². The Hall–Kier alpha value is -2.94. The monoisotopic (exact) mass is 294 g/mol. The maximum absolute atomic E-state index is 12.4. The molecule has 1 aromatic carbocycles. The molecule has 0 unspecified atom stereocenters. The van der Waals surface area contributed by atoms with Crippen molar-refractivity contribution in [1.29, 1.82) is 5.26 Å². The number of benzene rings is 1. The van der Waals surface area contributed by atoms with Crippen LogP contribution >= 0.6 is 0 Å². The van der Waals surface area contributed by atoms with Crippen LogP contribution in [-0.2, 0) is 0 Å². The second-order valence-electron chi connectivity index (χ2n) is 4.97. The van der Waals surface area contributed by atoms with Crippen molar-refractivity contribution in [3.63, 3.8) is 0 Å². The Morgan fingerprint density at radius 1 is 1.27 bits per heavy atom. The quantitative estimate of drug-likeness (QED) is 0.860. The van der Waals surface area contributed by atoms with Gasteiger partial charge in [-0.15, -0.1) is 0 Å². The summed E-state index contributed by atoms with van der Waals surface area (Å²) in [7, 11) is 0. The van der Waals surface area contributed by atoms with Gasteiger partial charge in [0.2, 0.25) is 5.69 Å². The molecular formula is C16H14N4O2. The lowest BCUT2D eigenvalue weighted by atomic mass is 10.2. The van der Waals surface area contributed by atoms with Crippen molar-refractivity contribution in [1.82, 2.24) is 14.9 Å². The number of hydrogen-bond acceptors (Lipinski definition) is 5. The summed E-state index contributed by atoms with van der Waals surface area (Å²) in [6.45, 7) is 1.11. The van der Waals surface area contributed by atoms with Gasteiger partial charge in [-0.05, 0) is 12.1 Å². The molecule has 6 nitrogen and oxygen atoms in total. The van der Waals surface area contributed by atoms with E-state index in [0.29, 0.717) is 25.1 Å². The van der Waals surface area contributed by atoms with E-state index in [4.69, 9.17) is 10.00 Å². The molecule has 2 aromatic rings. The number of amides is 1. The highest BCUT2D eigenvalue weighted by Crippen LogP contribution is 2.19. The second kappa shape index (κ2) is 6.22. The molecule has 1 saturated heterocycles. The number of aromatic nitrogens is 2. The fraction of sp³-hybridized carbons (Fsp3) is 0.250. The summed E-state index contributed by atoms with van der Waals surface area (Å²) >= 11 is 0. The van der Waals surface area contributed by atoms with Gasteiger partial charge in [-0.1, -0.05) is 18.2 Å². The van der Waals surface area contributed by atoms with Gasteiger partial charge >= 0.3 is 0 Å². The molecule has 0 spiro atoms. The molecule has 1 aliphatic heterocycles. The normalized spacial score (nSPS) is 17.0. The van der Waals surface area contributed by atoms with E-state index < -0.39 is 0 Å². The van der Waals surface area contributed by atoms with Gasteiger partial charge in [0, 0.05) is 30.9 Å². The summed E-state index contributed by atoms with van der Waals surface area (Å²) in [6.07, 6.45) is 3.47. The molecule has 0 radical (unpaired) electrons. The van der Waals surface area contributed by atoms with Gasteiger partial charge in [0.25, 0.3) is 11.8 Å². The lowest BCUT2D eigenvalue weighted by Gasteiger charge is -2.17. The Morgan fingerprint density at radius 3 is 2.82 bits per heavy atom. The van der Waals surface area contributed by atoms with E-state index >= 15 is 0 Å². The summed E-state index contributed by atoms with van der Waals surface area (Å²) in [5.74, 6) is 0.218. The number of ether oxygens (including phenoxy) is 1. The van der Waals surface area contributed by atoms with E-state index in [1.807, 2.05) is 24.3 Å². The van der Waals surface area contributed by atoms with Gasteiger partial charge in [-0.2, -0.15) is 5.26 Å². The summed E-state index contributed by atoms with van der Waals surface area (Å²) < 4.78 is 5.72. The van der Waals surface area contributed by atoms with Crippen LogP contribution in [0.15, 0.2) is 42.7 Å². The fourth-order valence-electron chi connectivity index (χ4n) is 2.42. The second-order valence-corrected chi connectivity index (χ2v) is 4.97. The molecule has 110 valence electrons. The minimum atomic E-state index is -0.170. The van der Waals surface area contributed by atoms with Crippen molar-refractivity contribution < 1.29 is 9.53 Å². The standard InChI is InChI=1S/C16H14N4O2/c17-10-14-15(19-8-7-18-14)22-13-6-9-20(11-13)16(21)12-4-2-1-3-5-12/h1-5,7-8,13H,6,9,11H2/t13-/m1/s1. The third kappa shape index (κ3) is 2.88. The van der Waals surface area contributed by atoms with Crippen LogP contribution in [0, 0.1) is 11.3 Å². The van der Waals surface area contributed by atoms with E-state index in [1.54, 1.807) is 17.0 Å². The lowest BCUT2D eigenvalue weighted by Crippen LogP contribution is -2.31. The Kier molecular flexibility index (Phi) is 3.97. The van der Waals surface area contributed by atoms with Crippen LogP contribution in [0.25, 0.3) is 0 Å². The molecular weight excluding hydrogens is 280 g/mol. The van der Waals surface area contributed by atoms with Crippen LogP contribution in [0.4, 0.5) is 0 Å². The van der Waals surface area contributed by atoms with Crippen LogP contribution in [0.5, 0.6) is 5.88 Å². The highest BCUT2D eigenvalue weighted by Gasteiger charge is 2.29. The van der Waals surface area contributed by atoms with E-state index in [1.165, 1.54) is 12.4 Å². The van der Waals surface area contributed by atoms with Crippen molar-refractivity contribution in [2.75, 3.05) is 13.1 Å². The summed E-state index contributed by atoms with van der Waals surface area (Å²) in [4.78, 5) is 22.1. The molecule has 1 aliphatic rings. The lowest BCUT2D eigenvalue weighted by molar-refractivity contribution is 0.0771. The molecule has 0 bridgehead atoms. The predicted molar refractivity (Wildman–Crippen MR) is 78.1 cm³/mol. The third-order valence-electron chi connectivity index (χ3n) is 3.50. The van der Waals surface area contributed by atoms with E-state index in [9.17, 15) is 4.79 Å². The first-order valence-corrected chi connectivity index (χ1v) is 7.00. The summed E-state index contributed by atoms with van der Waals surface area (Å²) in [5.41, 5.74) is 0.829. The van der Waals surface area contributed by atoms with Crippen LogP contribution in [0.1, 0.15) is 22.5 Å². The Bertz CT molecular complexity index is 712. The fourth-order valence-corrected chi connectivity index (χ4v) is 2.42. The SMILES string of the molecule is N#Cc1nccnc1O[C@@H]1CCN(C(=O)c2ccccc2)C1. The van der Waals surface area contributed by atoms with E-state index in [0.717, 1.165) is 0 Å². The highest BCUT2D eigenvalue weighted by molar-refractivity contribution is 5.94. The van der Waals surface area contributed by atoms with Crippen LogP contribution in [-0.4, -0.2) is 40.0 Å². The Morgan fingerprint density at radius 2 is 2.05 bits per heavy atom. The number of nitrogens with zero attached hydrogens (tertiary/aromatic N) is 4. The first-order valence-electron chi connectivity index (χ1n) is 7.00. The largest absolute Gasteiger partial charge is 0.470 e. The number of hydrogen-bond donors (Lipinski definition) is 0. The molecule has 0 aliphatic carbocycles. The van der Waals surface area contributed by atoms with Gasteiger partial charge in [-0.3, -0.25) is 4.79 Å². The molecule has 3 rings (SSSR count). The van der Waals surface area contributed by atoms with Crippen LogP contribution < -0.4 is 4.74 Å². The zero-order valence-electron chi connectivity index (χ0n) is 11.8. The predicted octanol–water partition coefficient (Wildman–Crippen LogP) is 1.64. The number of nitriles is 1. The van der Waals surface area contributed by atoms with Crippen molar-refractivity contribution in [3.8, 4) is 11.9 Å². The number of rotatable bonds is 3. The van der Waals surface area contributed by atoms with Gasteiger partial charge in [0.05, 0.1) is 6.54 Å². The molecule has 1 amide bonds. The first kappa shape index (κ1) is 14.0. The van der Waals surface area contributed by atoms with Gasteiger partial charge in [0.1, 0.15) is 12.2 Å². The maximum Gasteiger partial charge on any atom is 0.253 e. The van der Waals surface area contributed by atoms with Crippen molar-refractivity contribution in [2.45, 2.75) is 12.5 Å². The van der Waals surface area contributed by atoms with E-state index in [-0.39, 0.29) is 23.6 Å². The Labute approximate surface area is 128 Å². The maximum atomic E-state index is 12.4. The van der Waals surface area contributed by atoms with Crippen molar-refractivity contribution >= 4 is 5.91 Å². The first-order chi connectivity index (χ1) is 10.8. The van der Waals surface area contributed by atoms with E-state index in [2.05, 4.69) is 9.97 Å². The molecule has 2 heterocycles. The zero-order chi connectivity index (χ0) is 15.4. The topological polar surface area (TPSA) is 79.1 Å². The summed E-state index contributed by atoms with van der Waals surface area (Å²) in [6, 6.07) is 11.1. The molecule has 1 fully saturated rings. The molecule has 1 atom stereocenters. The third-order valence-corrected chi connectivity index (χ3v) is 3.50. The van der Waals surface area contributed by atoms with Crippen molar-refractivity contribution in [3.05, 3.63) is 54.0 Å². The molecule has 0 N–H and O–H groups in total. The molecule has 6 heteroatoms. The van der Waals surface area contributed by atoms with Gasteiger partial charge in [0.15, 0.2) is 0 Å². The zero-order valence-corrected chi connectivity index (χ0v) is 11.8. The number of carbonyl (C=O) groups excluding carboxylic acids is 1.